The van der Waals surface area contributed by atoms with Crippen molar-refractivity contribution in [3.8, 4) is 0 Å². The average molecular weight is 574 g/mol. The molecule has 7 nitrogen and oxygen atoms in total. The topological polar surface area (TPSA) is 94.8 Å². The molecular formula is C35H43NO6. The number of ether oxygens (including phenoxy) is 2. The number of para-hydroxylation sites is 1. The largest absolute Gasteiger partial charge is 0.478 e. The molecule has 1 aliphatic carbocycles. The molecule has 0 amide bonds. The number of benzene rings is 2. The van der Waals surface area contributed by atoms with E-state index in [4.69, 9.17) is 9.47 Å². The van der Waals surface area contributed by atoms with Crippen molar-refractivity contribution in [2.45, 2.75) is 98.2 Å². The first kappa shape index (κ1) is 31.1. The molecule has 1 atom stereocenters. The number of hydrogen-bond donors (Lipinski definition) is 1. The number of nitrogens with zero attached hydrogens (tertiary/aromatic N) is 1. The predicted octanol–water partition coefficient (Wildman–Crippen LogP) is 8.20. The maximum atomic E-state index is 13.3. The highest BCUT2D eigenvalue weighted by molar-refractivity contribution is 6.17. The fourth-order valence-electron chi connectivity index (χ4n) is 5.57. The van der Waals surface area contributed by atoms with Crippen LogP contribution < -0.4 is 0 Å². The van der Waals surface area contributed by atoms with Gasteiger partial charge in [-0.05, 0) is 109 Å². The summed E-state index contributed by atoms with van der Waals surface area (Å²) < 4.78 is 12.9. The van der Waals surface area contributed by atoms with Gasteiger partial charge in [-0.3, -0.25) is 9.36 Å². The second-order valence-electron chi connectivity index (χ2n) is 13.4. The van der Waals surface area contributed by atoms with Gasteiger partial charge in [0.05, 0.1) is 11.1 Å². The zero-order chi connectivity index (χ0) is 31.0. The highest BCUT2D eigenvalue weighted by atomic mass is 16.6. The fraction of sp³-hybridized carbons (Fsp3) is 0.457. The quantitative estimate of drug-likeness (QED) is 0.216. The van der Waals surface area contributed by atoms with E-state index in [0.29, 0.717) is 16.7 Å². The maximum Gasteiger partial charge on any atom is 0.419 e. The van der Waals surface area contributed by atoms with Gasteiger partial charge in [0.25, 0.3) is 0 Å². The summed E-state index contributed by atoms with van der Waals surface area (Å²) in [5.74, 6) is -1.55. The number of hydrogen-bond acceptors (Lipinski definition) is 5. The van der Waals surface area contributed by atoms with E-state index < -0.39 is 23.3 Å². The average Bonchev–Trinajstić information content (AvgIpc) is 3.62. The molecule has 42 heavy (non-hydrogen) atoms. The highest BCUT2D eigenvalue weighted by Crippen LogP contribution is 2.51. The number of carbonyl (C=O) groups excluding carboxylic acids is 2. The van der Waals surface area contributed by atoms with E-state index in [1.807, 2.05) is 97.9 Å². The molecule has 7 heteroatoms. The lowest BCUT2D eigenvalue weighted by Crippen LogP contribution is -2.26. The van der Waals surface area contributed by atoms with Crippen LogP contribution in [-0.4, -0.2) is 38.9 Å². The van der Waals surface area contributed by atoms with E-state index in [9.17, 15) is 19.5 Å². The van der Waals surface area contributed by atoms with Gasteiger partial charge in [-0.2, -0.15) is 0 Å². The van der Waals surface area contributed by atoms with Crippen LogP contribution in [0, 0.1) is 19.8 Å². The monoisotopic (exact) mass is 573 g/mol. The van der Waals surface area contributed by atoms with Gasteiger partial charge >= 0.3 is 18.0 Å². The minimum atomic E-state index is -1.04. The van der Waals surface area contributed by atoms with E-state index in [0.717, 1.165) is 34.9 Å². The van der Waals surface area contributed by atoms with Gasteiger partial charge in [0.1, 0.15) is 11.2 Å². The van der Waals surface area contributed by atoms with Crippen molar-refractivity contribution in [2.24, 2.45) is 5.92 Å². The van der Waals surface area contributed by atoms with Crippen molar-refractivity contribution in [1.29, 1.82) is 0 Å². The van der Waals surface area contributed by atoms with Crippen LogP contribution in [0.4, 0.5) is 4.79 Å². The third-order valence-corrected chi connectivity index (χ3v) is 7.35. The Labute approximate surface area is 248 Å². The molecule has 1 aliphatic rings. The number of carboxylic acids is 1. The smallest absolute Gasteiger partial charge is 0.419 e. The number of aliphatic carboxylic acids is 1. The molecule has 1 aromatic heterocycles. The first-order chi connectivity index (χ1) is 19.6. The molecule has 0 radical (unpaired) electrons. The van der Waals surface area contributed by atoms with Crippen molar-refractivity contribution in [1.82, 2.24) is 4.57 Å². The van der Waals surface area contributed by atoms with E-state index in [2.05, 4.69) is 0 Å². The predicted molar refractivity (Wildman–Crippen MR) is 165 cm³/mol. The number of aryl methyl sites for hydroxylation is 2. The number of esters is 1. The Hall–Kier alpha value is -3.87. The van der Waals surface area contributed by atoms with Gasteiger partial charge in [0, 0.05) is 23.9 Å². The maximum absolute atomic E-state index is 13.3. The molecule has 3 aromatic rings. The molecular weight excluding hydrogens is 530 g/mol. The fourth-order valence-corrected chi connectivity index (χ4v) is 5.57. The Morgan fingerprint density at radius 1 is 0.929 bits per heavy atom. The van der Waals surface area contributed by atoms with Crippen LogP contribution in [0.15, 0.2) is 54.2 Å². The molecule has 0 saturated heterocycles. The first-order valence-electron chi connectivity index (χ1n) is 14.6. The van der Waals surface area contributed by atoms with Crippen molar-refractivity contribution in [3.05, 3.63) is 76.5 Å². The molecule has 1 N–H and O–H groups in total. The molecule has 1 unspecified atom stereocenters. The summed E-state index contributed by atoms with van der Waals surface area (Å²) >= 11 is 0. The Morgan fingerprint density at radius 3 is 2.17 bits per heavy atom. The lowest BCUT2D eigenvalue weighted by molar-refractivity contribution is -0.154. The summed E-state index contributed by atoms with van der Waals surface area (Å²) in [5.41, 5.74) is 3.55. The zero-order valence-electron chi connectivity index (χ0n) is 26.0. The number of allylic oxidation sites excluding steroid dienone is 1. The Kier molecular flexibility index (Phi) is 8.72. The van der Waals surface area contributed by atoms with Crippen molar-refractivity contribution >= 4 is 34.5 Å². The summed E-state index contributed by atoms with van der Waals surface area (Å²) in [6.45, 7) is 14.8. The molecule has 1 heterocycles. The highest BCUT2D eigenvalue weighted by Gasteiger charge is 2.39. The van der Waals surface area contributed by atoms with Crippen LogP contribution in [0.3, 0.4) is 0 Å². The minimum absolute atomic E-state index is 0.0438. The number of fused-ring (bicyclic) bond motifs is 1. The molecule has 0 bridgehead atoms. The van der Waals surface area contributed by atoms with Gasteiger partial charge < -0.3 is 14.6 Å². The van der Waals surface area contributed by atoms with Crippen molar-refractivity contribution in [3.63, 3.8) is 0 Å². The third kappa shape index (κ3) is 7.30. The van der Waals surface area contributed by atoms with Gasteiger partial charge in [0.15, 0.2) is 0 Å². The molecule has 0 spiro atoms. The summed E-state index contributed by atoms with van der Waals surface area (Å²) in [5, 5.41) is 11.6. The molecule has 1 saturated carbocycles. The van der Waals surface area contributed by atoms with Crippen LogP contribution in [-0.2, 0) is 19.1 Å². The van der Waals surface area contributed by atoms with E-state index in [1.165, 1.54) is 4.57 Å². The molecule has 224 valence electrons. The number of aromatic nitrogens is 1. The van der Waals surface area contributed by atoms with Gasteiger partial charge in [-0.25, -0.2) is 9.59 Å². The van der Waals surface area contributed by atoms with Gasteiger partial charge in [0.2, 0.25) is 0 Å². The molecule has 1 fully saturated rings. The van der Waals surface area contributed by atoms with Crippen LogP contribution in [0.5, 0.6) is 0 Å². The molecule has 4 rings (SSSR count). The van der Waals surface area contributed by atoms with Crippen LogP contribution in [0.2, 0.25) is 0 Å². The SMILES string of the molecule is Cc1ccc(C)c(/C(C(=O)O)=C(\CCC(=O)OC(C)(C)C)C(c2cn(C(=O)OC(C)(C)C)c3ccccc23)C2CC2)c1. The lowest BCUT2D eigenvalue weighted by Gasteiger charge is -2.25. The molecule has 0 aliphatic heterocycles. The summed E-state index contributed by atoms with van der Waals surface area (Å²) in [6.07, 6.45) is 3.42. The van der Waals surface area contributed by atoms with Crippen LogP contribution in [0.1, 0.15) is 95.4 Å². The lowest BCUT2D eigenvalue weighted by atomic mass is 9.79. The minimum Gasteiger partial charge on any atom is -0.478 e. The van der Waals surface area contributed by atoms with Crippen molar-refractivity contribution in [2.75, 3.05) is 0 Å². The standard InChI is InChI=1S/C35H43NO6/c1-21-13-14-22(2)26(19-21)31(32(38)39)25(17-18-29(37)41-34(3,4)5)30(23-15-16-23)27-20-36(33(40)42-35(6,7)8)28-12-10-9-11-24(27)28/h9-14,19-20,23,30H,15-18H2,1-8H3,(H,38,39)/b31-25-. The number of carboxylic acid groups (broad SMARTS) is 1. The Morgan fingerprint density at radius 2 is 1.57 bits per heavy atom. The van der Waals surface area contributed by atoms with E-state index in [1.54, 1.807) is 6.20 Å². The van der Waals surface area contributed by atoms with Gasteiger partial charge in [-0.1, -0.05) is 42.0 Å². The summed E-state index contributed by atoms with van der Waals surface area (Å²) in [4.78, 5) is 39.4. The van der Waals surface area contributed by atoms with Gasteiger partial charge in [-0.15, -0.1) is 0 Å². The van der Waals surface area contributed by atoms with E-state index >= 15 is 0 Å². The second kappa shape index (κ2) is 11.8. The zero-order valence-corrected chi connectivity index (χ0v) is 26.0. The Balaban J connectivity index is 1.95. The second-order valence-corrected chi connectivity index (χ2v) is 13.4. The number of rotatable bonds is 8. The summed E-state index contributed by atoms with van der Waals surface area (Å²) in [6, 6.07) is 13.4. The number of carbonyl (C=O) groups is 3. The summed E-state index contributed by atoms with van der Waals surface area (Å²) in [7, 11) is 0. The third-order valence-electron chi connectivity index (χ3n) is 7.35. The van der Waals surface area contributed by atoms with E-state index in [-0.39, 0.29) is 36.2 Å². The van der Waals surface area contributed by atoms with Crippen LogP contribution >= 0.6 is 0 Å². The first-order valence-corrected chi connectivity index (χ1v) is 14.6. The normalized spacial score (nSPS) is 15.2. The Bertz CT molecular complexity index is 1540. The van der Waals surface area contributed by atoms with Crippen molar-refractivity contribution < 1.29 is 29.0 Å². The van der Waals surface area contributed by atoms with Crippen LogP contribution in [0.25, 0.3) is 16.5 Å². The molecule has 2 aromatic carbocycles.